The number of anilines is 1. The van der Waals surface area contributed by atoms with Gasteiger partial charge in [-0.3, -0.25) is 4.79 Å². The van der Waals surface area contributed by atoms with E-state index in [2.05, 4.69) is 45.0 Å². The lowest BCUT2D eigenvalue weighted by Crippen LogP contribution is -2.66. The van der Waals surface area contributed by atoms with Gasteiger partial charge in [0.15, 0.2) is 11.6 Å². The number of hydrogen-bond acceptors (Lipinski definition) is 5. The van der Waals surface area contributed by atoms with Gasteiger partial charge in [0.2, 0.25) is 0 Å². The Morgan fingerprint density at radius 3 is 1.93 bits per heavy atom. The van der Waals surface area contributed by atoms with E-state index >= 15 is 8.78 Å². The average molecular weight is 568 g/mol. The molecule has 1 fully saturated rings. The Kier molecular flexibility index (Phi) is 9.12. The minimum atomic E-state index is -2.97. The number of nitrogens with zero attached hydrogens (tertiary/aromatic N) is 1. The topological polar surface area (TPSA) is 48.0 Å². The van der Waals surface area contributed by atoms with Crippen LogP contribution in [0.3, 0.4) is 0 Å². The standard InChI is InChI=1S/C32H39F2NO4Si/c1-22-19-35(20-23(2)39-22)31-25(17-24(18-28(36)37-6)29(33)30(31)34)21-38-40(32(3,4)5,26-13-9-7-10-14-26)27-15-11-8-12-16-27/h7-17,22-23H,18-21H2,1-6H3. The zero-order valence-electron chi connectivity index (χ0n) is 24.2. The van der Waals surface area contributed by atoms with Crippen molar-refractivity contribution >= 4 is 30.3 Å². The molecule has 3 aromatic carbocycles. The van der Waals surface area contributed by atoms with E-state index < -0.39 is 25.9 Å². The van der Waals surface area contributed by atoms with Gasteiger partial charge in [0, 0.05) is 24.2 Å². The fourth-order valence-corrected chi connectivity index (χ4v) is 10.4. The molecule has 0 aromatic heterocycles. The predicted molar refractivity (Wildman–Crippen MR) is 157 cm³/mol. The van der Waals surface area contributed by atoms with E-state index in [4.69, 9.17) is 13.9 Å². The highest BCUT2D eigenvalue weighted by molar-refractivity contribution is 6.99. The van der Waals surface area contributed by atoms with Gasteiger partial charge in [-0.05, 0) is 35.3 Å². The minimum Gasteiger partial charge on any atom is -0.469 e. The Bertz CT molecular complexity index is 1260. The van der Waals surface area contributed by atoms with Crippen LogP contribution in [0.5, 0.6) is 0 Å². The van der Waals surface area contributed by atoms with Crippen LogP contribution in [0.1, 0.15) is 45.7 Å². The molecule has 1 heterocycles. The van der Waals surface area contributed by atoms with Gasteiger partial charge in [0.25, 0.3) is 8.32 Å². The quantitative estimate of drug-likeness (QED) is 0.271. The van der Waals surface area contributed by atoms with Gasteiger partial charge in [-0.1, -0.05) is 81.4 Å². The van der Waals surface area contributed by atoms with Crippen LogP contribution in [0, 0.1) is 11.6 Å². The van der Waals surface area contributed by atoms with Gasteiger partial charge < -0.3 is 18.8 Å². The van der Waals surface area contributed by atoms with Crippen LogP contribution in [-0.4, -0.2) is 46.7 Å². The highest BCUT2D eigenvalue weighted by atomic mass is 28.4. The molecule has 0 bridgehead atoms. The van der Waals surface area contributed by atoms with Gasteiger partial charge in [0.05, 0.1) is 38.0 Å². The number of hydrogen-bond donors (Lipinski definition) is 0. The van der Waals surface area contributed by atoms with Gasteiger partial charge in [0.1, 0.15) is 0 Å². The predicted octanol–water partition coefficient (Wildman–Crippen LogP) is 5.37. The normalized spacial score (nSPS) is 18.1. The van der Waals surface area contributed by atoms with E-state index in [0.29, 0.717) is 18.7 Å². The second kappa shape index (κ2) is 12.2. The molecule has 5 nitrogen and oxygen atoms in total. The maximum atomic E-state index is 16.0. The van der Waals surface area contributed by atoms with Crippen molar-refractivity contribution in [1.29, 1.82) is 0 Å². The Balaban J connectivity index is 1.88. The molecule has 1 aliphatic heterocycles. The molecule has 214 valence electrons. The maximum absolute atomic E-state index is 16.0. The SMILES string of the molecule is COC(=O)Cc1cc(CO[Si](c2ccccc2)(c2ccccc2)C(C)(C)C)c(N2CC(C)OC(C)C2)c(F)c1F. The fraction of sp³-hybridized carbons (Fsp3) is 0.406. The van der Waals surface area contributed by atoms with Crippen molar-refractivity contribution in [2.75, 3.05) is 25.1 Å². The first-order valence-corrected chi connectivity index (χ1v) is 15.6. The van der Waals surface area contributed by atoms with E-state index in [1.807, 2.05) is 55.1 Å². The Morgan fingerprint density at radius 1 is 0.925 bits per heavy atom. The number of benzene rings is 3. The number of esters is 1. The summed E-state index contributed by atoms with van der Waals surface area (Å²) in [6.07, 6.45) is -0.695. The van der Waals surface area contributed by atoms with Crippen LogP contribution in [0.2, 0.25) is 5.04 Å². The highest BCUT2D eigenvalue weighted by Crippen LogP contribution is 2.39. The van der Waals surface area contributed by atoms with Crippen LogP contribution in [0.15, 0.2) is 66.7 Å². The molecule has 0 N–H and O–H groups in total. The lowest BCUT2D eigenvalue weighted by atomic mass is 10.0. The van der Waals surface area contributed by atoms with Gasteiger partial charge in [-0.15, -0.1) is 0 Å². The summed E-state index contributed by atoms with van der Waals surface area (Å²) in [5, 5.41) is 1.87. The summed E-state index contributed by atoms with van der Waals surface area (Å²) < 4.78 is 49.1. The number of methoxy groups -OCH3 is 1. The fourth-order valence-electron chi connectivity index (χ4n) is 5.84. The molecule has 2 atom stereocenters. The third-order valence-electron chi connectivity index (χ3n) is 7.49. The van der Waals surface area contributed by atoms with Crippen LogP contribution < -0.4 is 15.3 Å². The summed E-state index contributed by atoms with van der Waals surface area (Å²) in [7, 11) is -1.74. The lowest BCUT2D eigenvalue weighted by molar-refractivity contribution is -0.139. The van der Waals surface area contributed by atoms with Crippen LogP contribution in [-0.2, 0) is 31.7 Å². The number of carbonyl (C=O) groups is 1. The van der Waals surface area contributed by atoms with E-state index in [9.17, 15) is 4.79 Å². The molecule has 0 aliphatic carbocycles. The number of ether oxygens (including phenoxy) is 2. The van der Waals surface area contributed by atoms with Crippen molar-refractivity contribution in [2.24, 2.45) is 0 Å². The summed E-state index contributed by atoms with van der Waals surface area (Å²) >= 11 is 0. The number of morpholine rings is 1. The summed E-state index contributed by atoms with van der Waals surface area (Å²) in [5.41, 5.74) is 0.599. The third-order valence-corrected chi connectivity index (χ3v) is 12.5. The van der Waals surface area contributed by atoms with Crippen molar-refractivity contribution in [1.82, 2.24) is 0 Å². The summed E-state index contributed by atoms with van der Waals surface area (Å²) in [6.45, 7) is 11.2. The monoisotopic (exact) mass is 567 g/mol. The van der Waals surface area contributed by atoms with E-state index in [1.54, 1.807) is 6.07 Å². The molecule has 0 spiro atoms. The Morgan fingerprint density at radius 2 is 1.45 bits per heavy atom. The molecule has 40 heavy (non-hydrogen) atoms. The van der Waals surface area contributed by atoms with Gasteiger partial charge in [-0.2, -0.15) is 0 Å². The van der Waals surface area contributed by atoms with E-state index in [1.165, 1.54) is 7.11 Å². The minimum absolute atomic E-state index is 0.0358. The van der Waals surface area contributed by atoms with Crippen molar-refractivity contribution in [2.45, 2.75) is 64.9 Å². The van der Waals surface area contributed by atoms with Crippen LogP contribution >= 0.6 is 0 Å². The average Bonchev–Trinajstić information content (AvgIpc) is 2.91. The highest BCUT2D eigenvalue weighted by Gasteiger charge is 2.50. The molecule has 4 rings (SSSR count). The van der Waals surface area contributed by atoms with Crippen molar-refractivity contribution in [3.63, 3.8) is 0 Å². The molecule has 0 saturated carbocycles. The molecule has 1 aliphatic rings. The van der Waals surface area contributed by atoms with Crippen molar-refractivity contribution < 1.29 is 27.5 Å². The second-order valence-corrected chi connectivity index (χ2v) is 15.8. The first-order chi connectivity index (χ1) is 19.0. The van der Waals surface area contributed by atoms with Gasteiger partial charge in [-0.25, -0.2) is 8.78 Å². The summed E-state index contributed by atoms with van der Waals surface area (Å²) in [6, 6.07) is 21.9. The number of halogens is 2. The van der Waals surface area contributed by atoms with Gasteiger partial charge >= 0.3 is 5.97 Å². The molecule has 8 heteroatoms. The zero-order chi connectivity index (χ0) is 29.1. The first kappa shape index (κ1) is 29.9. The Hall–Kier alpha value is -3.07. The molecular weight excluding hydrogens is 528 g/mol. The smallest absolute Gasteiger partial charge is 0.310 e. The Labute approximate surface area is 237 Å². The molecule has 2 unspecified atom stereocenters. The lowest BCUT2D eigenvalue weighted by Gasteiger charge is -2.43. The molecule has 1 saturated heterocycles. The summed E-state index contributed by atoms with van der Waals surface area (Å²) in [5.74, 6) is -2.66. The zero-order valence-corrected chi connectivity index (χ0v) is 25.2. The summed E-state index contributed by atoms with van der Waals surface area (Å²) in [4.78, 5) is 13.9. The van der Waals surface area contributed by atoms with Crippen LogP contribution in [0.25, 0.3) is 0 Å². The van der Waals surface area contributed by atoms with E-state index in [-0.39, 0.29) is 41.5 Å². The molecule has 3 aromatic rings. The van der Waals surface area contributed by atoms with Crippen LogP contribution in [0.4, 0.5) is 14.5 Å². The third kappa shape index (κ3) is 5.99. The largest absolute Gasteiger partial charge is 0.469 e. The maximum Gasteiger partial charge on any atom is 0.310 e. The molecule has 0 amide bonds. The van der Waals surface area contributed by atoms with E-state index in [0.717, 1.165) is 10.4 Å². The number of rotatable bonds is 8. The first-order valence-electron chi connectivity index (χ1n) is 13.7. The second-order valence-electron chi connectivity index (χ2n) is 11.5. The van der Waals surface area contributed by atoms with Crippen molar-refractivity contribution in [3.8, 4) is 0 Å². The van der Waals surface area contributed by atoms with Crippen molar-refractivity contribution in [3.05, 3.63) is 89.5 Å². The molecule has 0 radical (unpaired) electrons. The number of carbonyl (C=O) groups excluding carboxylic acids is 1. The molecular formula is C32H39F2NO4Si.